The Kier molecular flexibility index (Phi) is 8.19. The molecule has 0 aliphatic heterocycles. The van der Waals surface area contributed by atoms with Gasteiger partial charge in [0.2, 0.25) is 0 Å². The molecule has 0 spiro atoms. The second-order valence-electron chi connectivity index (χ2n) is 20.4. The number of rotatable bonds is 4. The quantitative estimate of drug-likeness (QED) is 0.162. The molecule has 286 valence electrons. The van der Waals surface area contributed by atoms with Gasteiger partial charge >= 0.3 is 0 Å². The van der Waals surface area contributed by atoms with E-state index in [1.165, 1.54) is 105 Å². The van der Waals surface area contributed by atoms with Crippen molar-refractivity contribution in [1.29, 1.82) is 0 Å². The minimum absolute atomic E-state index is 0.0596. The lowest BCUT2D eigenvalue weighted by atomic mass is 9.80. The molecule has 8 aromatic carbocycles. The fourth-order valence-corrected chi connectivity index (χ4v) is 9.43. The summed E-state index contributed by atoms with van der Waals surface area (Å²) in [5.41, 5.74) is 17.0. The molecule has 0 fully saturated rings. The SMILES string of the molecule is Cc1ccc2c(-c3ccc4c(c3)C(C)(C)c3cc(N(c5ccc(C(C)(C)C)cc5)c5ccc(C(C)(C)C)cc5)ccc3-4)cc3cc(C(C)(C)C)cc4ccc1c2c43. The molecule has 8 aromatic rings. The van der Waals surface area contributed by atoms with Gasteiger partial charge < -0.3 is 4.90 Å². The number of hydrogen-bond donors (Lipinski definition) is 0. The molecule has 1 nitrogen and oxygen atoms in total. The molecule has 9 rings (SSSR count). The lowest BCUT2D eigenvalue weighted by Gasteiger charge is -2.29. The number of fused-ring (bicyclic) bond motifs is 3. The number of benzene rings is 8. The molecule has 0 saturated heterocycles. The molecule has 0 heterocycles. The molecule has 0 unspecified atom stereocenters. The summed E-state index contributed by atoms with van der Waals surface area (Å²) in [5, 5.41) is 8.11. The Labute approximate surface area is 340 Å². The van der Waals surface area contributed by atoms with Crippen LogP contribution in [-0.4, -0.2) is 0 Å². The van der Waals surface area contributed by atoms with E-state index in [0.29, 0.717) is 0 Å². The Morgan fingerprint density at radius 2 is 0.912 bits per heavy atom. The highest BCUT2D eigenvalue weighted by molar-refractivity contribution is 6.27. The molecule has 1 aliphatic rings. The van der Waals surface area contributed by atoms with Gasteiger partial charge in [0, 0.05) is 22.5 Å². The number of aryl methyl sites for hydroxylation is 1. The predicted octanol–water partition coefficient (Wildman–Crippen LogP) is 16.2. The third-order valence-corrected chi connectivity index (χ3v) is 13.0. The maximum atomic E-state index is 2.50. The van der Waals surface area contributed by atoms with Crippen molar-refractivity contribution in [2.45, 2.75) is 105 Å². The van der Waals surface area contributed by atoms with Crippen molar-refractivity contribution in [2.24, 2.45) is 0 Å². The van der Waals surface area contributed by atoms with Crippen LogP contribution in [-0.2, 0) is 21.7 Å². The number of anilines is 3. The van der Waals surface area contributed by atoms with Crippen molar-refractivity contribution < 1.29 is 0 Å². The molecule has 0 N–H and O–H groups in total. The highest BCUT2D eigenvalue weighted by Crippen LogP contribution is 2.53. The summed E-state index contributed by atoms with van der Waals surface area (Å²) in [4.78, 5) is 2.43. The van der Waals surface area contributed by atoms with Gasteiger partial charge in [-0.05, 0) is 160 Å². The average Bonchev–Trinajstić information content (AvgIpc) is 3.38. The van der Waals surface area contributed by atoms with E-state index < -0.39 is 0 Å². The Balaban J connectivity index is 1.18. The fraction of sp³-hybridized carbons (Fsp3) is 0.286. The monoisotopic (exact) mass is 743 g/mol. The Bertz CT molecular complexity index is 2790. The molecule has 0 aromatic heterocycles. The van der Waals surface area contributed by atoms with Crippen LogP contribution in [0.1, 0.15) is 110 Å². The Hall–Kier alpha value is -5.40. The number of nitrogens with zero attached hydrogens (tertiary/aromatic N) is 1. The fourth-order valence-electron chi connectivity index (χ4n) is 9.43. The van der Waals surface area contributed by atoms with Crippen LogP contribution in [0.15, 0.2) is 127 Å². The average molecular weight is 744 g/mol. The predicted molar refractivity (Wildman–Crippen MR) is 249 cm³/mol. The van der Waals surface area contributed by atoms with E-state index in [1.807, 2.05) is 0 Å². The highest BCUT2D eigenvalue weighted by Gasteiger charge is 2.36. The summed E-state index contributed by atoms with van der Waals surface area (Å²) in [7, 11) is 0. The van der Waals surface area contributed by atoms with E-state index in [0.717, 1.165) is 0 Å². The zero-order valence-corrected chi connectivity index (χ0v) is 36.1. The second-order valence-corrected chi connectivity index (χ2v) is 20.4. The maximum absolute atomic E-state index is 2.50. The first-order valence-electron chi connectivity index (χ1n) is 20.8. The highest BCUT2D eigenvalue weighted by atomic mass is 15.1. The van der Waals surface area contributed by atoms with Crippen molar-refractivity contribution >= 4 is 49.4 Å². The van der Waals surface area contributed by atoms with Gasteiger partial charge in [-0.3, -0.25) is 0 Å². The van der Waals surface area contributed by atoms with E-state index in [9.17, 15) is 0 Å². The lowest BCUT2D eigenvalue weighted by Crippen LogP contribution is -2.17. The minimum Gasteiger partial charge on any atom is -0.310 e. The molecule has 0 radical (unpaired) electrons. The van der Waals surface area contributed by atoms with Gasteiger partial charge in [-0.15, -0.1) is 0 Å². The van der Waals surface area contributed by atoms with E-state index in [-0.39, 0.29) is 21.7 Å². The standard InChI is InChI=1S/C56H57N/c1-34-13-25-47-48(31-37-30-40(55(8,9)10)29-36-15-26-44(34)52(47)51(36)37)35-14-27-45-46-28-24-43(33-50(46)56(11,12)49(45)32-35)57(41-20-16-38(17-21-41)53(2,3)4)42-22-18-39(19-23-42)54(5,6)7/h13-33H,1-12H3. The first-order valence-corrected chi connectivity index (χ1v) is 20.8. The molecule has 0 bridgehead atoms. The van der Waals surface area contributed by atoms with Crippen LogP contribution in [0.25, 0.3) is 54.6 Å². The van der Waals surface area contributed by atoms with Gasteiger partial charge in [-0.1, -0.05) is 155 Å². The molecular formula is C56H57N. The third-order valence-electron chi connectivity index (χ3n) is 13.0. The summed E-state index contributed by atoms with van der Waals surface area (Å²) < 4.78 is 0. The number of hydrogen-bond acceptors (Lipinski definition) is 1. The van der Waals surface area contributed by atoms with Gasteiger partial charge in [0.1, 0.15) is 0 Å². The Morgan fingerprint density at radius 1 is 0.404 bits per heavy atom. The van der Waals surface area contributed by atoms with Crippen LogP contribution >= 0.6 is 0 Å². The van der Waals surface area contributed by atoms with E-state index >= 15 is 0 Å². The van der Waals surface area contributed by atoms with Gasteiger partial charge in [-0.2, -0.15) is 0 Å². The molecule has 1 aliphatic carbocycles. The van der Waals surface area contributed by atoms with Crippen molar-refractivity contribution in [3.8, 4) is 22.3 Å². The second kappa shape index (κ2) is 12.5. The van der Waals surface area contributed by atoms with Crippen molar-refractivity contribution in [3.63, 3.8) is 0 Å². The molecule has 0 saturated carbocycles. The van der Waals surface area contributed by atoms with Gasteiger partial charge in [0.15, 0.2) is 0 Å². The van der Waals surface area contributed by atoms with Crippen LogP contribution < -0.4 is 4.90 Å². The van der Waals surface area contributed by atoms with Crippen molar-refractivity contribution in [2.75, 3.05) is 4.90 Å². The summed E-state index contributed by atoms with van der Waals surface area (Å²) in [5.74, 6) is 0. The van der Waals surface area contributed by atoms with E-state index in [2.05, 4.69) is 215 Å². The van der Waals surface area contributed by atoms with E-state index in [4.69, 9.17) is 0 Å². The van der Waals surface area contributed by atoms with Crippen LogP contribution in [0.4, 0.5) is 17.1 Å². The zero-order chi connectivity index (χ0) is 40.4. The molecule has 57 heavy (non-hydrogen) atoms. The first kappa shape index (κ1) is 37.2. The largest absolute Gasteiger partial charge is 0.310 e. The van der Waals surface area contributed by atoms with Crippen molar-refractivity contribution in [1.82, 2.24) is 0 Å². The molecule has 0 atom stereocenters. The summed E-state index contributed by atoms with van der Waals surface area (Å²) in [6.07, 6.45) is 0. The van der Waals surface area contributed by atoms with Crippen LogP contribution in [0.3, 0.4) is 0 Å². The van der Waals surface area contributed by atoms with Crippen LogP contribution in [0, 0.1) is 6.92 Å². The zero-order valence-electron chi connectivity index (χ0n) is 36.1. The van der Waals surface area contributed by atoms with Gasteiger partial charge in [-0.25, -0.2) is 0 Å². The topological polar surface area (TPSA) is 3.24 Å². The van der Waals surface area contributed by atoms with Crippen molar-refractivity contribution in [3.05, 3.63) is 161 Å². The Morgan fingerprint density at radius 3 is 1.49 bits per heavy atom. The first-order chi connectivity index (χ1) is 26.8. The lowest BCUT2D eigenvalue weighted by molar-refractivity contribution is 0.590. The normalized spacial score (nSPS) is 14.1. The van der Waals surface area contributed by atoms with Crippen LogP contribution in [0.5, 0.6) is 0 Å². The molecular weight excluding hydrogens is 687 g/mol. The summed E-state index contributed by atoms with van der Waals surface area (Å²) >= 11 is 0. The summed E-state index contributed by atoms with van der Waals surface area (Å²) in [6.45, 7) is 27.7. The van der Waals surface area contributed by atoms with Crippen LogP contribution in [0.2, 0.25) is 0 Å². The van der Waals surface area contributed by atoms with Gasteiger partial charge in [0.25, 0.3) is 0 Å². The minimum atomic E-state index is -0.191. The molecule has 0 amide bonds. The molecule has 1 heteroatoms. The maximum Gasteiger partial charge on any atom is 0.0465 e. The van der Waals surface area contributed by atoms with E-state index in [1.54, 1.807) is 0 Å². The third kappa shape index (κ3) is 6.05. The smallest absolute Gasteiger partial charge is 0.0465 e. The summed E-state index contributed by atoms with van der Waals surface area (Å²) in [6, 6.07) is 49.4. The van der Waals surface area contributed by atoms with Gasteiger partial charge in [0.05, 0.1) is 0 Å².